The Balaban J connectivity index is 1.34. The zero-order chi connectivity index (χ0) is 45.2. The van der Waals surface area contributed by atoms with Crippen LogP contribution in [0.4, 0.5) is 0 Å². The molecule has 0 aliphatic carbocycles. The molecule has 2 aromatic carbocycles. The number of rotatable bonds is 9. The van der Waals surface area contributed by atoms with E-state index in [1.165, 1.54) is 9.91 Å². The van der Waals surface area contributed by atoms with Crippen LogP contribution in [0.2, 0.25) is 0 Å². The summed E-state index contributed by atoms with van der Waals surface area (Å²) in [5.74, 6) is -1.43. The fraction of sp³-hybridized carbons (Fsp3) is 0.542. The Morgan fingerprint density at radius 2 is 1.86 bits per heavy atom. The third kappa shape index (κ3) is 9.75. The van der Waals surface area contributed by atoms with Gasteiger partial charge < -0.3 is 29.9 Å². The number of fused-ring (bicyclic) bond motifs is 6. The number of ether oxygens (including phenoxy) is 1. The highest BCUT2D eigenvalue weighted by Crippen LogP contribution is 2.42. The van der Waals surface area contributed by atoms with Crippen LogP contribution in [0.25, 0.3) is 33.3 Å². The van der Waals surface area contributed by atoms with Crippen LogP contribution >= 0.6 is 0 Å². The van der Waals surface area contributed by atoms with E-state index in [-0.39, 0.29) is 42.6 Å². The van der Waals surface area contributed by atoms with Gasteiger partial charge in [0.15, 0.2) is 6.61 Å². The minimum absolute atomic E-state index is 0.0129. The fourth-order valence-corrected chi connectivity index (χ4v) is 9.67. The van der Waals surface area contributed by atoms with Gasteiger partial charge in [-0.05, 0) is 117 Å². The van der Waals surface area contributed by atoms with Gasteiger partial charge in [0.1, 0.15) is 17.8 Å². The monoisotopic (exact) mass is 865 g/mol. The molecule has 4 aromatic rings. The van der Waals surface area contributed by atoms with Crippen molar-refractivity contribution in [2.45, 2.75) is 111 Å². The Morgan fingerprint density at radius 3 is 2.57 bits per heavy atom. The lowest BCUT2D eigenvalue weighted by atomic mass is 9.84. The average molecular weight is 866 g/mol. The number of aryl methyl sites for hydroxylation is 1. The van der Waals surface area contributed by atoms with Gasteiger partial charge >= 0.3 is 6.17 Å². The lowest BCUT2D eigenvalue weighted by Crippen LogP contribution is -2.62. The molecule has 3 aliphatic rings. The van der Waals surface area contributed by atoms with Crippen molar-refractivity contribution in [3.05, 3.63) is 76.5 Å². The number of phenolic OH excluding ortho intramolecular Hbond substituents is 1. The lowest BCUT2D eigenvalue weighted by Gasteiger charge is -2.36. The summed E-state index contributed by atoms with van der Waals surface area (Å²) in [6.07, 6.45) is 3.54. The predicted octanol–water partition coefficient (Wildman–Crippen LogP) is 6.06. The van der Waals surface area contributed by atoms with Crippen LogP contribution in [0, 0.1) is 22.2 Å². The van der Waals surface area contributed by atoms with Gasteiger partial charge in [0, 0.05) is 74.1 Å². The molecule has 15 nitrogen and oxygen atoms in total. The number of methoxy groups -OCH3 is 1. The number of amides is 3. The van der Waals surface area contributed by atoms with Gasteiger partial charge in [-0.1, -0.05) is 39.8 Å². The number of pyridine rings is 1. The second kappa shape index (κ2) is 19.2. The van der Waals surface area contributed by atoms with Crippen molar-refractivity contribution in [3.63, 3.8) is 0 Å². The van der Waals surface area contributed by atoms with Gasteiger partial charge in [0.05, 0.1) is 22.4 Å². The summed E-state index contributed by atoms with van der Waals surface area (Å²) in [7, 11) is 3.34. The number of piperidine rings is 1. The Hall–Kier alpha value is -5.38. The average Bonchev–Trinajstić information content (AvgIpc) is 3.58. The number of benzene rings is 2. The molecule has 338 valence electrons. The zero-order valence-corrected chi connectivity index (χ0v) is 38.1. The highest BCUT2D eigenvalue weighted by atomic mass is 16.8. The Bertz CT molecular complexity index is 2340. The second-order valence-corrected chi connectivity index (χ2v) is 18.6. The maximum Gasteiger partial charge on any atom is 0.326 e. The molecule has 0 saturated carbocycles. The number of hydrogen-bond acceptors (Lipinski definition) is 10. The molecule has 5 heterocycles. The smallest absolute Gasteiger partial charge is 0.326 e. The molecule has 15 heteroatoms. The first-order valence-corrected chi connectivity index (χ1v) is 22.5. The first-order chi connectivity index (χ1) is 30.1. The highest BCUT2D eigenvalue weighted by Gasteiger charge is 2.41. The number of likely N-dealkylation sites (N-methyl/N-ethyl adjacent to an activating group) is 1. The normalized spacial score (nSPS) is 20.8. The minimum atomic E-state index is -1.11. The second-order valence-electron chi connectivity index (χ2n) is 18.6. The maximum absolute atomic E-state index is 14.6. The number of hydrazine groups is 1. The van der Waals surface area contributed by atoms with Crippen molar-refractivity contribution < 1.29 is 34.0 Å². The number of hydrogen-bond donors (Lipinski definition) is 4. The third-order valence-electron chi connectivity index (χ3n) is 13.0. The number of phenols is 1. The molecule has 63 heavy (non-hydrogen) atoms. The standard InChI is InChI=1S/C48H64N8O7/c1-9-54-40-15-14-33-26-37(40)38(44(54)36-12-10-18-50-42(36)30(4)62-8)27-48(5,6)28-63-56(61)41-13-11-21-55(52-41)47(60)39(24-31-22-34(33)25-35(57)23-31)51-45(58)43(29(2)3)53(7)46(59)32-16-19-49-20-17-32/h10,12,14-15,18,22-23,25-26,29-30,32,39,41,43,49,52H,9,11,13,16-17,19-21,24,27-28H2,1-8H3,(H-,51,57,58)/p+1/t30-,39-,41+,43-/m0/s1. The molecule has 2 saturated heterocycles. The number of aromatic nitrogens is 2. The molecule has 6 bridgehead atoms. The van der Waals surface area contributed by atoms with Gasteiger partial charge in [-0.15, -0.1) is 0 Å². The summed E-state index contributed by atoms with van der Waals surface area (Å²) >= 11 is 0. The molecule has 0 radical (unpaired) electrons. The molecule has 7 rings (SSSR count). The first kappa shape index (κ1) is 45.6. The fourth-order valence-electron chi connectivity index (χ4n) is 9.67. The largest absolute Gasteiger partial charge is 0.508 e. The molecule has 2 aromatic heterocycles. The van der Waals surface area contributed by atoms with Crippen molar-refractivity contribution in [2.24, 2.45) is 17.3 Å². The zero-order valence-electron chi connectivity index (χ0n) is 38.1. The summed E-state index contributed by atoms with van der Waals surface area (Å²) in [6, 6.07) is 13.6. The lowest BCUT2D eigenvalue weighted by molar-refractivity contribution is -0.835. The molecule has 3 aliphatic heterocycles. The minimum Gasteiger partial charge on any atom is -0.508 e. The Labute approximate surface area is 370 Å². The first-order valence-electron chi connectivity index (χ1n) is 22.5. The number of nitrogens with one attached hydrogen (secondary N) is 3. The van der Waals surface area contributed by atoms with E-state index in [2.05, 4.69) is 59.6 Å². The van der Waals surface area contributed by atoms with Crippen LogP contribution in [0.1, 0.15) is 90.2 Å². The van der Waals surface area contributed by atoms with Gasteiger partial charge in [-0.2, -0.15) is 5.43 Å². The van der Waals surface area contributed by atoms with Crippen LogP contribution < -0.4 is 16.1 Å². The summed E-state index contributed by atoms with van der Waals surface area (Å²) in [4.78, 5) is 69.5. The molecular weight excluding hydrogens is 801 g/mol. The van der Waals surface area contributed by atoms with Gasteiger partial charge in [-0.3, -0.25) is 24.4 Å². The van der Waals surface area contributed by atoms with Crippen LogP contribution in [0.5, 0.6) is 5.75 Å². The molecule has 0 spiro atoms. The SMILES string of the molecule is CCn1c(-c2cccnc2[C@H](C)OC)c2c3cc(ccc31)-c1cc(O)cc(c1)C[C@H](NC(=O)[C@H](C(C)C)N(C)C(=O)C1CCNCC1)C(=O)N1CCC[C@H](N1)[N+](=O)OCC(C)(C)C2. The van der Waals surface area contributed by atoms with Crippen LogP contribution in [0.3, 0.4) is 0 Å². The van der Waals surface area contributed by atoms with Crippen LogP contribution in [-0.4, -0.2) is 106 Å². The van der Waals surface area contributed by atoms with Gasteiger partial charge in [-0.25, -0.2) is 4.84 Å². The molecular formula is C48H65N8O7+. The topological polar surface area (TPSA) is 170 Å². The molecule has 2 fully saturated rings. The summed E-state index contributed by atoms with van der Waals surface area (Å²) in [5.41, 5.74) is 9.64. The molecule has 0 unspecified atom stereocenters. The number of nitrogens with zero attached hydrogens (tertiary/aromatic N) is 5. The van der Waals surface area contributed by atoms with E-state index in [4.69, 9.17) is 14.6 Å². The van der Waals surface area contributed by atoms with E-state index in [0.29, 0.717) is 55.7 Å². The Kier molecular flexibility index (Phi) is 13.9. The summed E-state index contributed by atoms with van der Waals surface area (Å²) in [6.45, 7) is 14.6. The number of carbonyl (C=O) groups excluding carboxylic acids is 3. The predicted molar refractivity (Wildman–Crippen MR) is 241 cm³/mol. The van der Waals surface area contributed by atoms with Gasteiger partial charge in [0.25, 0.3) is 5.91 Å². The molecule has 4 atom stereocenters. The number of carbonyl (C=O) groups is 3. The molecule has 4 N–H and O–H groups in total. The van der Waals surface area contributed by atoms with E-state index in [1.54, 1.807) is 32.5 Å². The Morgan fingerprint density at radius 1 is 1.10 bits per heavy atom. The summed E-state index contributed by atoms with van der Waals surface area (Å²) in [5, 5.41) is 20.0. The van der Waals surface area contributed by atoms with E-state index < -0.39 is 35.5 Å². The van der Waals surface area contributed by atoms with E-state index in [0.717, 1.165) is 57.6 Å². The number of aromatic hydroxyl groups is 1. The maximum atomic E-state index is 14.6. The third-order valence-corrected chi connectivity index (χ3v) is 13.0. The van der Waals surface area contributed by atoms with Crippen molar-refractivity contribution >= 4 is 28.6 Å². The van der Waals surface area contributed by atoms with E-state index >= 15 is 0 Å². The highest BCUT2D eigenvalue weighted by molar-refractivity contribution is 5.96. The van der Waals surface area contributed by atoms with Crippen molar-refractivity contribution in [1.29, 1.82) is 0 Å². The van der Waals surface area contributed by atoms with Gasteiger partial charge in [0.2, 0.25) is 16.7 Å². The quantitative estimate of drug-likeness (QED) is 0.155. The van der Waals surface area contributed by atoms with Crippen molar-refractivity contribution in [2.75, 3.05) is 40.4 Å². The van der Waals surface area contributed by atoms with Crippen LogP contribution in [-0.2, 0) is 43.3 Å². The van der Waals surface area contributed by atoms with E-state index in [1.807, 2.05) is 39.0 Å². The van der Waals surface area contributed by atoms with Crippen LogP contribution in [0.15, 0.2) is 54.7 Å². The van der Waals surface area contributed by atoms with Crippen molar-refractivity contribution in [3.8, 4) is 28.1 Å². The molecule has 3 amide bonds. The van der Waals surface area contributed by atoms with E-state index in [9.17, 15) is 24.4 Å². The van der Waals surface area contributed by atoms with Crippen molar-refractivity contribution in [1.82, 2.24) is 35.5 Å². The summed E-state index contributed by atoms with van der Waals surface area (Å²) < 4.78 is 8.10.